The second kappa shape index (κ2) is 5.94. The van der Waals surface area contributed by atoms with Gasteiger partial charge in [-0.05, 0) is 38.4 Å². The van der Waals surface area contributed by atoms with E-state index in [1.807, 2.05) is 6.07 Å². The van der Waals surface area contributed by atoms with Crippen LogP contribution in [-0.2, 0) is 6.54 Å². The average Bonchev–Trinajstić information content (AvgIpc) is 3.24. The van der Waals surface area contributed by atoms with Crippen LogP contribution in [-0.4, -0.2) is 40.0 Å². The summed E-state index contributed by atoms with van der Waals surface area (Å²) >= 11 is 0. The Morgan fingerprint density at radius 1 is 1.40 bits per heavy atom. The normalized spacial score (nSPS) is 15.3. The number of nitrogens with one attached hydrogen (secondary N) is 1. The fourth-order valence-electron chi connectivity index (χ4n) is 2.85. The lowest BCUT2D eigenvalue weighted by Gasteiger charge is -2.19. The number of aryl methyl sites for hydroxylation is 1. The zero-order valence-corrected chi connectivity index (χ0v) is 12.5. The molecule has 0 amide bonds. The van der Waals surface area contributed by atoms with Crippen LogP contribution in [0.1, 0.15) is 31.2 Å². The average molecular weight is 272 g/mol. The Hall–Kier alpha value is -1.39. The summed E-state index contributed by atoms with van der Waals surface area (Å²) in [5.41, 5.74) is 3.43. The van der Waals surface area contributed by atoms with Crippen LogP contribution in [0.4, 0.5) is 0 Å². The van der Waals surface area contributed by atoms with Crippen LogP contribution in [0.25, 0.3) is 5.65 Å². The molecule has 20 heavy (non-hydrogen) atoms. The van der Waals surface area contributed by atoms with Crippen LogP contribution in [0, 0.1) is 6.92 Å². The lowest BCUT2D eigenvalue weighted by Crippen LogP contribution is -2.33. The molecule has 0 atom stereocenters. The van der Waals surface area contributed by atoms with Crippen LogP contribution in [0.5, 0.6) is 0 Å². The summed E-state index contributed by atoms with van der Waals surface area (Å²) in [5, 5.41) is 3.57. The Balaban J connectivity index is 1.55. The van der Waals surface area contributed by atoms with Gasteiger partial charge in [0.05, 0.1) is 11.4 Å². The van der Waals surface area contributed by atoms with Crippen molar-refractivity contribution in [3.05, 3.63) is 35.8 Å². The van der Waals surface area contributed by atoms with E-state index in [0.29, 0.717) is 0 Å². The monoisotopic (exact) mass is 272 g/mol. The first-order valence-electron chi connectivity index (χ1n) is 7.67. The smallest absolute Gasteiger partial charge is 0.137 e. The van der Waals surface area contributed by atoms with E-state index >= 15 is 0 Å². The van der Waals surface area contributed by atoms with Crippen LogP contribution < -0.4 is 5.32 Å². The molecule has 0 aromatic carbocycles. The summed E-state index contributed by atoms with van der Waals surface area (Å²) in [6.07, 6.45) is 4.87. The van der Waals surface area contributed by atoms with Gasteiger partial charge in [0.15, 0.2) is 0 Å². The first-order chi connectivity index (χ1) is 9.79. The summed E-state index contributed by atoms with van der Waals surface area (Å²) < 4.78 is 2.18. The van der Waals surface area contributed by atoms with Gasteiger partial charge in [-0.1, -0.05) is 13.0 Å². The van der Waals surface area contributed by atoms with Crippen molar-refractivity contribution in [2.75, 3.05) is 19.6 Å². The predicted molar refractivity (Wildman–Crippen MR) is 81.9 cm³/mol. The highest BCUT2D eigenvalue weighted by Crippen LogP contribution is 2.25. The minimum absolute atomic E-state index is 0.860. The fraction of sp³-hybridized carbons (Fsp3) is 0.562. The molecule has 0 radical (unpaired) electrons. The third kappa shape index (κ3) is 2.86. The van der Waals surface area contributed by atoms with Crippen molar-refractivity contribution in [3.63, 3.8) is 0 Å². The van der Waals surface area contributed by atoms with Crippen LogP contribution in [0.3, 0.4) is 0 Å². The van der Waals surface area contributed by atoms with E-state index in [2.05, 4.69) is 51.8 Å². The van der Waals surface area contributed by atoms with Gasteiger partial charge in [-0.2, -0.15) is 0 Å². The number of fused-ring (bicyclic) bond motifs is 1. The number of pyridine rings is 1. The molecule has 1 aliphatic carbocycles. The standard InChI is InChI=1S/C16H24N4/c1-3-19(14-7-8-14)11-9-17-12-15-13(2)18-16-6-4-5-10-20(15)16/h4-6,10,14,17H,3,7-9,11-12H2,1-2H3. The molecule has 2 heterocycles. The molecule has 2 aromatic heterocycles. The van der Waals surface area contributed by atoms with Crippen molar-refractivity contribution < 1.29 is 0 Å². The minimum atomic E-state index is 0.860. The Labute approximate surface area is 120 Å². The molecule has 1 aliphatic rings. The summed E-state index contributed by atoms with van der Waals surface area (Å²) in [4.78, 5) is 7.17. The van der Waals surface area contributed by atoms with Gasteiger partial charge in [-0.25, -0.2) is 4.98 Å². The van der Waals surface area contributed by atoms with Crippen molar-refractivity contribution in [1.82, 2.24) is 19.6 Å². The number of rotatable bonds is 7. The van der Waals surface area contributed by atoms with Crippen molar-refractivity contribution in [2.24, 2.45) is 0 Å². The zero-order chi connectivity index (χ0) is 13.9. The summed E-state index contributed by atoms with van der Waals surface area (Å²) in [6, 6.07) is 7.01. The summed E-state index contributed by atoms with van der Waals surface area (Å²) in [6.45, 7) is 8.60. The third-order valence-corrected chi connectivity index (χ3v) is 4.17. The molecule has 2 aromatic rings. The highest BCUT2D eigenvalue weighted by Gasteiger charge is 2.26. The number of hydrogen-bond acceptors (Lipinski definition) is 3. The molecule has 0 unspecified atom stereocenters. The Kier molecular flexibility index (Phi) is 4.03. The third-order valence-electron chi connectivity index (χ3n) is 4.17. The van der Waals surface area contributed by atoms with Gasteiger partial charge < -0.3 is 9.72 Å². The predicted octanol–water partition coefficient (Wildman–Crippen LogP) is 2.22. The van der Waals surface area contributed by atoms with Crippen LogP contribution >= 0.6 is 0 Å². The van der Waals surface area contributed by atoms with Crippen molar-refractivity contribution in [2.45, 2.75) is 39.3 Å². The summed E-state index contributed by atoms with van der Waals surface area (Å²) in [7, 11) is 0. The lowest BCUT2D eigenvalue weighted by atomic mass is 10.3. The first-order valence-corrected chi connectivity index (χ1v) is 7.67. The molecular formula is C16H24N4. The number of aromatic nitrogens is 2. The van der Waals surface area contributed by atoms with Crippen molar-refractivity contribution >= 4 is 5.65 Å². The van der Waals surface area contributed by atoms with Crippen LogP contribution in [0.2, 0.25) is 0 Å². The maximum Gasteiger partial charge on any atom is 0.137 e. The van der Waals surface area contributed by atoms with Gasteiger partial charge >= 0.3 is 0 Å². The van der Waals surface area contributed by atoms with E-state index in [1.165, 1.54) is 25.1 Å². The van der Waals surface area contributed by atoms with Gasteiger partial charge in [0, 0.05) is 31.9 Å². The lowest BCUT2D eigenvalue weighted by molar-refractivity contribution is 0.276. The summed E-state index contributed by atoms with van der Waals surface area (Å²) in [5.74, 6) is 0. The van der Waals surface area contributed by atoms with Crippen molar-refractivity contribution in [3.8, 4) is 0 Å². The molecule has 1 fully saturated rings. The maximum absolute atomic E-state index is 4.59. The van der Waals surface area contributed by atoms with Gasteiger partial charge in [-0.3, -0.25) is 4.90 Å². The first kappa shape index (κ1) is 13.6. The van der Waals surface area contributed by atoms with E-state index in [0.717, 1.165) is 37.0 Å². The minimum Gasteiger partial charge on any atom is -0.310 e. The van der Waals surface area contributed by atoms with E-state index < -0.39 is 0 Å². The maximum atomic E-state index is 4.59. The van der Waals surface area contributed by atoms with Gasteiger partial charge in [0.2, 0.25) is 0 Å². The van der Waals surface area contributed by atoms with Gasteiger partial charge in [-0.15, -0.1) is 0 Å². The van der Waals surface area contributed by atoms with Crippen LogP contribution in [0.15, 0.2) is 24.4 Å². The number of likely N-dealkylation sites (N-methyl/N-ethyl adjacent to an activating group) is 1. The highest BCUT2D eigenvalue weighted by molar-refractivity contribution is 5.42. The molecule has 0 saturated heterocycles. The second-order valence-electron chi connectivity index (χ2n) is 5.61. The van der Waals surface area contributed by atoms with E-state index in [9.17, 15) is 0 Å². The fourth-order valence-corrected chi connectivity index (χ4v) is 2.85. The van der Waals surface area contributed by atoms with E-state index in [-0.39, 0.29) is 0 Å². The van der Waals surface area contributed by atoms with Crippen molar-refractivity contribution in [1.29, 1.82) is 0 Å². The van der Waals surface area contributed by atoms with E-state index in [4.69, 9.17) is 0 Å². The topological polar surface area (TPSA) is 32.6 Å². The number of imidazole rings is 1. The second-order valence-corrected chi connectivity index (χ2v) is 5.61. The Bertz CT molecular complexity index is 571. The number of hydrogen-bond donors (Lipinski definition) is 1. The SMILES string of the molecule is CCN(CCNCc1c(C)nc2ccccn12)C1CC1. The molecule has 1 N–H and O–H groups in total. The molecular weight excluding hydrogens is 248 g/mol. The molecule has 108 valence electrons. The molecule has 0 aliphatic heterocycles. The Morgan fingerprint density at radius 3 is 3.00 bits per heavy atom. The molecule has 0 bridgehead atoms. The molecule has 1 saturated carbocycles. The Morgan fingerprint density at radius 2 is 2.25 bits per heavy atom. The molecule has 0 spiro atoms. The largest absolute Gasteiger partial charge is 0.310 e. The highest BCUT2D eigenvalue weighted by atomic mass is 15.2. The quantitative estimate of drug-likeness (QED) is 0.784. The zero-order valence-electron chi connectivity index (χ0n) is 12.5. The van der Waals surface area contributed by atoms with E-state index in [1.54, 1.807) is 0 Å². The van der Waals surface area contributed by atoms with Gasteiger partial charge in [0.1, 0.15) is 5.65 Å². The molecule has 3 rings (SSSR count). The number of nitrogens with zero attached hydrogens (tertiary/aromatic N) is 3. The molecule has 4 heteroatoms. The van der Waals surface area contributed by atoms with Gasteiger partial charge in [0.25, 0.3) is 0 Å². The molecule has 4 nitrogen and oxygen atoms in total.